The summed E-state index contributed by atoms with van der Waals surface area (Å²) in [5, 5.41) is 6.01. The average molecular weight is 473 g/mol. The second-order valence-electron chi connectivity index (χ2n) is 7.65. The first-order chi connectivity index (χ1) is 17.1. The van der Waals surface area contributed by atoms with Gasteiger partial charge in [-0.1, -0.05) is 36.4 Å². The first kappa shape index (κ1) is 23.8. The molecular weight excluding hydrogens is 447 g/mol. The summed E-state index contributed by atoms with van der Waals surface area (Å²) < 4.78 is 30.1. The number of rotatable bonds is 9. The average Bonchev–Trinajstić information content (AvgIpc) is 2.88. The number of hydrazone groups is 1. The van der Waals surface area contributed by atoms with Gasteiger partial charge in [0.25, 0.3) is 5.91 Å². The Morgan fingerprint density at radius 2 is 1.66 bits per heavy atom. The van der Waals surface area contributed by atoms with Crippen molar-refractivity contribution in [3.05, 3.63) is 101 Å². The smallest absolute Gasteiger partial charge is 0.275 e. The van der Waals surface area contributed by atoms with E-state index in [0.717, 1.165) is 16.3 Å². The number of carbonyl (C=O) groups excluding carboxylic acids is 1. The molecule has 178 valence electrons. The number of halogens is 1. The molecule has 0 bridgehead atoms. The minimum Gasteiger partial charge on any atom is -0.496 e. The van der Waals surface area contributed by atoms with Gasteiger partial charge in [-0.2, -0.15) is 5.10 Å². The monoisotopic (exact) mass is 472 g/mol. The maximum atomic E-state index is 13.1. The third-order valence-corrected chi connectivity index (χ3v) is 5.27. The number of hydrogen-bond acceptors (Lipinski definition) is 5. The van der Waals surface area contributed by atoms with Crippen molar-refractivity contribution in [1.29, 1.82) is 0 Å². The molecule has 0 aliphatic rings. The van der Waals surface area contributed by atoms with Crippen molar-refractivity contribution in [2.45, 2.75) is 13.5 Å². The number of methoxy groups -OCH3 is 1. The molecule has 1 N–H and O–H groups in total. The number of nitrogens with zero attached hydrogens (tertiary/aromatic N) is 1. The van der Waals surface area contributed by atoms with Gasteiger partial charge in [-0.05, 0) is 71.3 Å². The molecule has 1 amide bonds. The summed E-state index contributed by atoms with van der Waals surface area (Å²) in [6.07, 6.45) is 1.53. The number of benzene rings is 4. The van der Waals surface area contributed by atoms with Crippen molar-refractivity contribution in [3.63, 3.8) is 0 Å². The molecule has 0 aliphatic heterocycles. The van der Waals surface area contributed by atoms with Gasteiger partial charge in [0.05, 0.1) is 25.5 Å². The van der Waals surface area contributed by atoms with Crippen LogP contribution in [0.15, 0.2) is 84.0 Å². The minimum atomic E-state index is -0.381. The summed E-state index contributed by atoms with van der Waals surface area (Å²) in [6, 6.07) is 22.8. The third kappa shape index (κ3) is 5.95. The van der Waals surface area contributed by atoms with Crippen LogP contribution in [0.3, 0.4) is 0 Å². The third-order valence-electron chi connectivity index (χ3n) is 5.27. The Morgan fingerprint density at radius 3 is 2.37 bits per heavy atom. The van der Waals surface area contributed by atoms with E-state index in [1.165, 1.54) is 25.5 Å². The SMILES string of the molecule is CCOc1cc(/C=N\NC(=O)c2cc3ccccc3cc2OC)ccc1OCc1ccc(F)cc1. The number of ether oxygens (including phenoxy) is 3. The van der Waals surface area contributed by atoms with Crippen LogP contribution in [0, 0.1) is 5.82 Å². The molecule has 6 nitrogen and oxygen atoms in total. The summed E-state index contributed by atoms with van der Waals surface area (Å²) in [4.78, 5) is 12.7. The lowest BCUT2D eigenvalue weighted by atomic mass is 10.1. The molecule has 0 heterocycles. The van der Waals surface area contributed by atoms with Crippen molar-refractivity contribution >= 4 is 22.9 Å². The van der Waals surface area contributed by atoms with Crippen LogP contribution >= 0.6 is 0 Å². The molecule has 4 rings (SSSR count). The molecule has 0 unspecified atom stereocenters. The second kappa shape index (κ2) is 11.2. The van der Waals surface area contributed by atoms with Gasteiger partial charge in [0.1, 0.15) is 18.2 Å². The molecule has 0 aliphatic carbocycles. The van der Waals surface area contributed by atoms with E-state index < -0.39 is 0 Å². The molecule has 0 saturated carbocycles. The highest BCUT2D eigenvalue weighted by Gasteiger charge is 2.13. The highest BCUT2D eigenvalue weighted by molar-refractivity contribution is 6.02. The van der Waals surface area contributed by atoms with E-state index in [0.29, 0.717) is 35.0 Å². The van der Waals surface area contributed by atoms with Crippen LogP contribution in [0.5, 0.6) is 17.2 Å². The van der Waals surface area contributed by atoms with Crippen molar-refractivity contribution in [3.8, 4) is 17.2 Å². The van der Waals surface area contributed by atoms with Crippen molar-refractivity contribution < 1.29 is 23.4 Å². The molecule has 0 radical (unpaired) electrons. The van der Waals surface area contributed by atoms with Gasteiger partial charge in [0, 0.05) is 0 Å². The summed E-state index contributed by atoms with van der Waals surface area (Å²) in [5.41, 5.74) is 4.50. The van der Waals surface area contributed by atoms with Gasteiger partial charge in [-0.15, -0.1) is 0 Å². The van der Waals surface area contributed by atoms with Crippen molar-refractivity contribution in [2.24, 2.45) is 5.10 Å². The highest BCUT2D eigenvalue weighted by Crippen LogP contribution is 2.29. The molecule has 7 heteroatoms. The fraction of sp³-hybridized carbons (Fsp3) is 0.143. The van der Waals surface area contributed by atoms with E-state index in [4.69, 9.17) is 14.2 Å². The zero-order valence-electron chi connectivity index (χ0n) is 19.5. The number of nitrogens with one attached hydrogen (secondary N) is 1. The summed E-state index contributed by atoms with van der Waals surface area (Å²) in [7, 11) is 1.53. The molecule has 0 fully saturated rings. The largest absolute Gasteiger partial charge is 0.496 e. The quantitative estimate of drug-likeness (QED) is 0.250. The number of carbonyl (C=O) groups is 1. The summed E-state index contributed by atoms with van der Waals surface area (Å²) >= 11 is 0. The second-order valence-corrected chi connectivity index (χ2v) is 7.65. The lowest BCUT2D eigenvalue weighted by Gasteiger charge is -2.12. The Bertz CT molecular complexity index is 1350. The van der Waals surface area contributed by atoms with Gasteiger partial charge in [-0.25, -0.2) is 9.82 Å². The van der Waals surface area contributed by atoms with Crippen LogP contribution < -0.4 is 19.6 Å². The van der Waals surface area contributed by atoms with Crippen molar-refractivity contribution in [1.82, 2.24) is 5.43 Å². The van der Waals surface area contributed by atoms with Crippen LogP contribution in [-0.2, 0) is 6.61 Å². The maximum Gasteiger partial charge on any atom is 0.275 e. The molecular formula is C28H25FN2O4. The van der Waals surface area contributed by atoms with Crippen LogP contribution in [-0.4, -0.2) is 25.8 Å². The lowest BCUT2D eigenvalue weighted by molar-refractivity contribution is 0.0952. The van der Waals surface area contributed by atoms with Gasteiger partial charge in [0.15, 0.2) is 11.5 Å². The molecule has 35 heavy (non-hydrogen) atoms. The van der Waals surface area contributed by atoms with Crippen LogP contribution in [0.1, 0.15) is 28.4 Å². The molecule has 4 aromatic carbocycles. The fourth-order valence-corrected chi connectivity index (χ4v) is 3.53. The van der Waals surface area contributed by atoms with E-state index in [-0.39, 0.29) is 18.3 Å². The molecule has 0 spiro atoms. The number of amides is 1. The Labute approximate surface area is 202 Å². The van der Waals surface area contributed by atoms with Crippen molar-refractivity contribution in [2.75, 3.05) is 13.7 Å². The predicted molar refractivity (Wildman–Crippen MR) is 134 cm³/mol. The van der Waals surface area contributed by atoms with Crippen LogP contribution in [0.4, 0.5) is 4.39 Å². The summed E-state index contributed by atoms with van der Waals surface area (Å²) in [6.45, 7) is 2.60. The van der Waals surface area contributed by atoms with Gasteiger partial charge in [0.2, 0.25) is 0 Å². The van der Waals surface area contributed by atoms with E-state index in [2.05, 4.69) is 10.5 Å². The molecule has 0 atom stereocenters. The number of hydrogen-bond donors (Lipinski definition) is 1. The Balaban J connectivity index is 1.45. The van der Waals surface area contributed by atoms with Crippen LogP contribution in [0.25, 0.3) is 10.8 Å². The number of fused-ring (bicyclic) bond motifs is 1. The Hall–Kier alpha value is -4.39. The first-order valence-electron chi connectivity index (χ1n) is 11.1. The zero-order valence-corrected chi connectivity index (χ0v) is 19.5. The van der Waals surface area contributed by atoms with Gasteiger partial charge >= 0.3 is 0 Å². The molecule has 0 aromatic heterocycles. The highest BCUT2D eigenvalue weighted by atomic mass is 19.1. The first-order valence-corrected chi connectivity index (χ1v) is 11.1. The molecule has 0 saturated heterocycles. The minimum absolute atomic E-state index is 0.275. The lowest BCUT2D eigenvalue weighted by Crippen LogP contribution is -2.18. The van der Waals surface area contributed by atoms with E-state index in [1.807, 2.05) is 37.3 Å². The van der Waals surface area contributed by atoms with E-state index in [9.17, 15) is 9.18 Å². The normalized spacial score (nSPS) is 10.9. The van der Waals surface area contributed by atoms with E-state index in [1.54, 1.807) is 36.4 Å². The van der Waals surface area contributed by atoms with Gasteiger partial charge < -0.3 is 14.2 Å². The standard InChI is InChI=1S/C28H25FN2O4/c1-3-34-27-14-20(10-13-25(27)35-18-19-8-11-23(29)12-9-19)17-30-31-28(32)24-15-21-6-4-5-7-22(21)16-26(24)33-2/h4-17H,3,18H2,1-2H3,(H,31,32)/b30-17-. The zero-order chi connectivity index (χ0) is 24.6. The maximum absolute atomic E-state index is 13.1. The van der Waals surface area contributed by atoms with E-state index >= 15 is 0 Å². The Morgan fingerprint density at radius 1 is 0.914 bits per heavy atom. The Kier molecular flexibility index (Phi) is 7.57. The van der Waals surface area contributed by atoms with Gasteiger partial charge in [-0.3, -0.25) is 4.79 Å². The van der Waals surface area contributed by atoms with Crippen LogP contribution in [0.2, 0.25) is 0 Å². The fourth-order valence-electron chi connectivity index (χ4n) is 3.53. The summed E-state index contributed by atoms with van der Waals surface area (Å²) in [5.74, 6) is 0.892. The molecule has 4 aromatic rings. The topological polar surface area (TPSA) is 69.2 Å². The predicted octanol–water partition coefficient (Wildman–Crippen LogP) is 5.73.